The van der Waals surface area contributed by atoms with E-state index in [-0.39, 0.29) is 50.0 Å². The molecule has 2 saturated carbocycles. The van der Waals surface area contributed by atoms with Crippen molar-refractivity contribution in [2.75, 3.05) is 0 Å². The third-order valence-electron chi connectivity index (χ3n) is 11.2. The monoisotopic (exact) mass is 970 g/mol. The molecule has 0 N–H and O–H groups in total. The first kappa shape index (κ1) is 54.0. The SMILES string of the molecule is C1CCCC1.C[C@@H](C1CCCC1c1ccccc1P(c1ccccc1)c1ccccc1)P(c1cc(C(F)(F)F)cc(C(F)(F)F)c1)c1cc(C(F)(F)F)cc(C(F)(F)F)c1.[CH3-].[CH3-].[Fe+2]. The number of rotatable bonds is 8. The molecule has 0 heterocycles. The summed E-state index contributed by atoms with van der Waals surface area (Å²) in [5.74, 6) is -0.905. The molecule has 5 aromatic carbocycles. The predicted octanol–water partition coefficient (Wildman–Crippen LogP) is 14.8. The van der Waals surface area contributed by atoms with Crippen LogP contribution in [0.5, 0.6) is 0 Å². The van der Waals surface area contributed by atoms with Gasteiger partial charge in [-0.15, -0.1) is 0 Å². The van der Waals surface area contributed by atoms with Gasteiger partial charge >= 0.3 is 41.8 Å². The van der Waals surface area contributed by atoms with E-state index in [4.69, 9.17) is 0 Å². The van der Waals surface area contributed by atoms with Gasteiger partial charge in [-0.05, 0) is 115 Å². The van der Waals surface area contributed by atoms with E-state index in [0.717, 1.165) is 21.5 Å². The molecule has 0 spiro atoms. The number of hydrogen-bond acceptors (Lipinski definition) is 0. The second-order valence-electron chi connectivity index (χ2n) is 15.2. The van der Waals surface area contributed by atoms with E-state index in [0.29, 0.717) is 43.5 Å². The summed E-state index contributed by atoms with van der Waals surface area (Å²) in [6.45, 7) is 1.52. The summed E-state index contributed by atoms with van der Waals surface area (Å²) < 4.78 is 170. The first-order chi connectivity index (χ1) is 28.2. The Labute approximate surface area is 375 Å². The topological polar surface area (TPSA) is 0 Å². The van der Waals surface area contributed by atoms with Gasteiger partial charge in [-0.1, -0.05) is 130 Å². The van der Waals surface area contributed by atoms with Crippen LogP contribution in [-0.4, -0.2) is 5.66 Å². The van der Waals surface area contributed by atoms with E-state index in [1.54, 1.807) is 0 Å². The molecule has 2 fully saturated rings. The molecular weight excluding hydrogens is 922 g/mol. The molecule has 0 saturated heterocycles. The van der Waals surface area contributed by atoms with Crippen molar-refractivity contribution in [3.8, 4) is 0 Å². The average Bonchev–Trinajstić information content (AvgIpc) is 3.95. The molecule has 0 aliphatic heterocycles. The maximum atomic E-state index is 14.2. The zero-order valence-corrected chi connectivity index (χ0v) is 37.6. The molecule has 0 amide bonds. The van der Waals surface area contributed by atoms with Crippen molar-refractivity contribution in [3.05, 3.63) is 164 Å². The first-order valence-electron chi connectivity index (χ1n) is 19.6. The number of alkyl halides is 12. The fourth-order valence-corrected chi connectivity index (χ4v) is 14.0. The summed E-state index contributed by atoms with van der Waals surface area (Å²) >= 11 is 0. The molecule has 0 aromatic heterocycles. The summed E-state index contributed by atoms with van der Waals surface area (Å²) in [6.07, 6.45) is -12.2. The summed E-state index contributed by atoms with van der Waals surface area (Å²) in [7, 11) is -3.89. The Balaban J connectivity index is 0.00000123. The maximum absolute atomic E-state index is 14.2. The van der Waals surface area contributed by atoms with Crippen molar-refractivity contribution in [2.24, 2.45) is 5.92 Å². The Hall–Kier alpha value is -3.36. The van der Waals surface area contributed by atoms with Gasteiger partial charge in [0.05, 0.1) is 22.3 Å². The Morgan fingerprint density at radius 2 is 0.794 bits per heavy atom. The van der Waals surface area contributed by atoms with Crippen LogP contribution >= 0.6 is 15.8 Å². The minimum atomic E-state index is -5.30. The van der Waals surface area contributed by atoms with Crippen LogP contribution in [0.25, 0.3) is 0 Å². The van der Waals surface area contributed by atoms with E-state index in [2.05, 4.69) is 0 Å². The molecule has 0 bridgehead atoms. The van der Waals surface area contributed by atoms with Crippen LogP contribution in [0.4, 0.5) is 52.7 Å². The van der Waals surface area contributed by atoms with E-state index < -0.39 is 85.0 Å². The van der Waals surface area contributed by atoms with E-state index >= 15 is 0 Å². The summed E-state index contributed by atoms with van der Waals surface area (Å²) in [6, 6.07) is 28.4. The summed E-state index contributed by atoms with van der Waals surface area (Å²) in [5, 5.41) is 1.72. The molecule has 63 heavy (non-hydrogen) atoms. The molecule has 0 radical (unpaired) electrons. The molecule has 2 unspecified atom stereocenters. The van der Waals surface area contributed by atoms with Gasteiger partial charge in [-0.3, -0.25) is 0 Å². The van der Waals surface area contributed by atoms with Crippen molar-refractivity contribution in [3.63, 3.8) is 0 Å². The van der Waals surface area contributed by atoms with Crippen LogP contribution < -0.4 is 26.5 Å². The minimum Gasteiger partial charge on any atom is -0.358 e. The van der Waals surface area contributed by atoms with Crippen molar-refractivity contribution in [1.82, 2.24) is 0 Å². The van der Waals surface area contributed by atoms with Crippen LogP contribution in [0.15, 0.2) is 121 Å². The second-order valence-corrected chi connectivity index (χ2v) is 19.9. The quantitative estimate of drug-likeness (QED) is 0.0629. The molecule has 7 rings (SSSR count). The van der Waals surface area contributed by atoms with Gasteiger partial charge in [0.25, 0.3) is 0 Å². The normalized spacial score (nSPS) is 17.3. The van der Waals surface area contributed by atoms with Gasteiger partial charge in [-0.2, -0.15) is 52.7 Å². The van der Waals surface area contributed by atoms with Gasteiger partial charge in [-0.25, -0.2) is 0 Å². The van der Waals surface area contributed by atoms with Crippen LogP contribution in [-0.2, 0) is 41.8 Å². The Bertz CT molecular complexity index is 1990. The van der Waals surface area contributed by atoms with Gasteiger partial charge < -0.3 is 14.9 Å². The van der Waals surface area contributed by atoms with Crippen molar-refractivity contribution < 1.29 is 69.8 Å². The summed E-state index contributed by atoms with van der Waals surface area (Å²) in [5.41, 5.74) is -6.92. The van der Waals surface area contributed by atoms with Crippen molar-refractivity contribution in [1.29, 1.82) is 0 Å². The van der Waals surface area contributed by atoms with E-state index in [9.17, 15) is 52.7 Å². The Kier molecular flexibility index (Phi) is 19.0. The smallest absolute Gasteiger partial charge is 0.358 e. The summed E-state index contributed by atoms with van der Waals surface area (Å²) in [4.78, 5) is 0. The van der Waals surface area contributed by atoms with Crippen molar-refractivity contribution in [2.45, 2.75) is 94.6 Å². The first-order valence-corrected chi connectivity index (χ1v) is 22.4. The third kappa shape index (κ3) is 13.4. The standard InChI is InChI=1S/C41H32F12P2.C5H10.2CH3.Fe/c1-25(34-16-10-17-35(34)36-15-8-9-18-37(36)55(30-11-4-2-5-12-30)31-13-6-3-7-14-31)54(32-21-26(38(42,43)44)19-27(22-32)39(45,46)47)33-23-28(40(48,49)50)20-29(24-33)41(51,52)53;1-2-4-5-3-1;;;/h2-9,11-15,18-25,34-35H,10,16-17H2,1H3;1-5H2;2*1H3;/q;;2*-1;+2/t25-,34?,35?;;;;/m0..../s1. The van der Waals surface area contributed by atoms with Crippen LogP contribution in [0.2, 0.25) is 0 Å². The fourth-order valence-electron chi connectivity index (χ4n) is 8.39. The minimum absolute atomic E-state index is 0. The van der Waals surface area contributed by atoms with Gasteiger partial charge in [0.2, 0.25) is 0 Å². The fraction of sp³-hybridized carbons (Fsp3) is 0.333. The van der Waals surface area contributed by atoms with Crippen LogP contribution in [0, 0.1) is 20.8 Å². The Morgan fingerprint density at radius 3 is 1.16 bits per heavy atom. The van der Waals surface area contributed by atoms with Gasteiger partial charge in [0.15, 0.2) is 0 Å². The molecular formula is C48H48F12FeP2. The Morgan fingerprint density at radius 1 is 0.444 bits per heavy atom. The molecule has 15 heteroatoms. The molecule has 5 aromatic rings. The average molecular weight is 971 g/mol. The van der Waals surface area contributed by atoms with E-state index in [1.807, 2.05) is 84.9 Å². The van der Waals surface area contributed by atoms with Crippen LogP contribution in [0.1, 0.15) is 92.0 Å². The zero-order chi connectivity index (χ0) is 43.5. The zero-order valence-electron chi connectivity index (χ0n) is 34.7. The molecule has 2 aliphatic rings. The molecule has 3 atom stereocenters. The molecule has 0 nitrogen and oxygen atoms in total. The van der Waals surface area contributed by atoms with Crippen LogP contribution in [0.3, 0.4) is 0 Å². The predicted molar refractivity (Wildman–Crippen MR) is 230 cm³/mol. The molecule has 342 valence electrons. The number of benzene rings is 5. The number of halogens is 12. The largest absolute Gasteiger partial charge is 2.00 e. The van der Waals surface area contributed by atoms with E-state index in [1.165, 1.54) is 39.0 Å². The second kappa shape index (κ2) is 22.2. The maximum Gasteiger partial charge on any atom is 2.00 e. The van der Waals surface area contributed by atoms with Gasteiger partial charge in [0, 0.05) is 0 Å². The van der Waals surface area contributed by atoms with Crippen molar-refractivity contribution >= 4 is 42.4 Å². The van der Waals surface area contributed by atoms with Gasteiger partial charge in [0.1, 0.15) is 0 Å². The third-order valence-corrected chi connectivity index (χ3v) is 16.5. The molecule has 2 aliphatic carbocycles. The number of hydrogen-bond donors (Lipinski definition) is 0.